The van der Waals surface area contributed by atoms with Crippen molar-refractivity contribution in [3.8, 4) is 11.5 Å². The van der Waals surface area contributed by atoms with E-state index < -0.39 is 28.7 Å². The van der Waals surface area contributed by atoms with E-state index in [0.29, 0.717) is 12.4 Å². The summed E-state index contributed by atoms with van der Waals surface area (Å²) >= 11 is 6.19. The Morgan fingerprint density at radius 2 is 1.81 bits per heavy atom. The molecule has 0 bridgehead atoms. The van der Waals surface area contributed by atoms with Crippen LogP contribution in [0.4, 0.5) is 18.9 Å². The van der Waals surface area contributed by atoms with Crippen LogP contribution in [0.25, 0.3) is 0 Å². The van der Waals surface area contributed by atoms with Crippen molar-refractivity contribution < 1.29 is 35.9 Å². The highest BCUT2D eigenvalue weighted by molar-refractivity contribution is 7.89. The quantitative estimate of drug-likeness (QED) is 0.560. The normalized spacial score (nSPS) is 11.8. The number of carbonyl (C=O) groups excluding carboxylic acids is 1. The van der Waals surface area contributed by atoms with E-state index in [1.54, 1.807) is 0 Å². The summed E-state index contributed by atoms with van der Waals surface area (Å²) in [6, 6.07) is 7.47. The molecule has 0 spiro atoms. The number of anilines is 1. The zero-order valence-electron chi connectivity index (χ0n) is 16.5. The lowest BCUT2D eigenvalue weighted by atomic mass is 10.1. The Morgan fingerprint density at radius 3 is 2.35 bits per heavy atom. The fourth-order valence-corrected chi connectivity index (χ4v) is 3.66. The van der Waals surface area contributed by atoms with Crippen LogP contribution in [-0.2, 0) is 10.0 Å². The van der Waals surface area contributed by atoms with E-state index in [9.17, 15) is 26.4 Å². The average Bonchev–Trinajstić information content (AvgIpc) is 2.71. The lowest BCUT2D eigenvalue weighted by Crippen LogP contribution is -2.33. The molecule has 0 fully saturated rings. The number of amides is 1. The molecule has 0 aliphatic heterocycles. The molecule has 0 saturated heterocycles. The van der Waals surface area contributed by atoms with E-state index >= 15 is 0 Å². The topological polar surface area (TPSA) is 93.7 Å². The lowest BCUT2D eigenvalue weighted by molar-refractivity contribution is -0.121. The molecule has 12 heteroatoms. The van der Waals surface area contributed by atoms with E-state index in [-0.39, 0.29) is 26.9 Å². The molecule has 170 valence electrons. The first kappa shape index (κ1) is 24.8. The van der Waals surface area contributed by atoms with Crippen LogP contribution in [-0.4, -0.2) is 40.8 Å². The Labute approximate surface area is 182 Å². The molecule has 2 aromatic rings. The molecule has 0 aliphatic carbocycles. The number of benzene rings is 2. The number of methoxy groups -OCH3 is 1. The van der Waals surface area contributed by atoms with Crippen molar-refractivity contribution in [3.05, 3.63) is 47.0 Å². The lowest BCUT2D eigenvalue weighted by Gasteiger charge is -2.14. The van der Waals surface area contributed by atoms with E-state index in [0.717, 1.165) is 18.6 Å². The second-order valence-corrected chi connectivity index (χ2v) is 8.43. The molecule has 7 nitrogen and oxygen atoms in total. The van der Waals surface area contributed by atoms with Crippen molar-refractivity contribution in [2.45, 2.75) is 24.4 Å². The number of rotatable bonds is 9. The van der Waals surface area contributed by atoms with Gasteiger partial charge in [0, 0.05) is 11.3 Å². The summed E-state index contributed by atoms with van der Waals surface area (Å²) in [5, 5.41) is 2.72. The monoisotopic (exact) mass is 480 g/mol. The van der Waals surface area contributed by atoms with Crippen LogP contribution < -0.4 is 19.5 Å². The van der Waals surface area contributed by atoms with Crippen molar-refractivity contribution in [2.24, 2.45) is 0 Å². The third-order valence-corrected chi connectivity index (χ3v) is 5.53. The van der Waals surface area contributed by atoms with Gasteiger partial charge in [-0.05, 0) is 42.8 Å². The Hall–Kier alpha value is -2.50. The SMILES string of the molecule is CCCOc1c(Cl)cc(C(=O)Nc2ccc(S(=O)(=O)NCC(F)(F)F)cc2)cc1OC. The number of carbonyl (C=O) groups is 1. The van der Waals surface area contributed by atoms with E-state index in [4.69, 9.17) is 21.1 Å². The molecule has 0 atom stereocenters. The van der Waals surface area contributed by atoms with Gasteiger partial charge in [-0.1, -0.05) is 18.5 Å². The second-order valence-electron chi connectivity index (χ2n) is 6.26. The maximum Gasteiger partial charge on any atom is 0.402 e. The highest BCUT2D eigenvalue weighted by Crippen LogP contribution is 2.36. The third kappa shape index (κ3) is 7.01. The zero-order chi connectivity index (χ0) is 23.2. The minimum atomic E-state index is -4.68. The molecule has 0 saturated carbocycles. The van der Waals surface area contributed by atoms with Gasteiger partial charge in [-0.15, -0.1) is 0 Å². The number of sulfonamides is 1. The molecular weight excluding hydrogens is 461 g/mol. The van der Waals surface area contributed by atoms with Crippen LogP contribution in [0.3, 0.4) is 0 Å². The molecule has 0 aromatic heterocycles. The van der Waals surface area contributed by atoms with Gasteiger partial charge < -0.3 is 14.8 Å². The Balaban J connectivity index is 2.15. The highest BCUT2D eigenvalue weighted by atomic mass is 35.5. The molecule has 0 radical (unpaired) electrons. The van der Waals surface area contributed by atoms with Gasteiger partial charge in [0.1, 0.15) is 6.54 Å². The van der Waals surface area contributed by atoms with Gasteiger partial charge in [-0.25, -0.2) is 13.1 Å². The Morgan fingerprint density at radius 1 is 1.16 bits per heavy atom. The van der Waals surface area contributed by atoms with Gasteiger partial charge >= 0.3 is 6.18 Å². The minimum Gasteiger partial charge on any atom is -0.493 e. The first-order chi connectivity index (χ1) is 14.5. The predicted molar refractivity (Wildman–Crippen MR) is 109 cm³/mol. The van der Waals surface area contributed by atoms with Gasteiger partial charge in [0.2, 0.25) is 10.0 Å². The maximum absolute atomic E-state index is 12.5. The number of hydrogen-bond donors (Lipinski definition) is 2. The molecule has 2 aromatic carbocycles. The average molecular weight is 481 g/mol. The minimum absolute atomic E-state index is 0.161. The van der Waals surface area contributed by atoms with E-state index in [1.165, 1.54) is 36.1 Å². The summed E-state index contributed by atoms with van der Waals surface area (Å²) in [5.41, 5.74) is 0.385. The summed E-state index contributed by atoms with van der Waals surface area (Å²) in [6.07, 6.45) is -3.93. The zero-order valence-corrected chi connectivity index (χ0v) is 18.1. The van der Waals surface area contributed by atoms with Crippen LogP contribution in [0.1, 0.15) is 23.7 Å². The fraction of sp³-hybridized carbons (Fsp3) is 0.316. The molecular formula is C19H20ClF3N2O5S. The van der Waals surface area contributed by atoms with Gasteiger partial charge in [0.15, 0.2) is 11.5 Å². The Kier molecular flexibility index (Phi) is 8.15. The van der Waals surface area contributed by atoms with Crippen LogP contribution in [0, 0.1) is 0 Å². The van der Waals surface area contributed by atoms with E-state index in [1.807, 2.05) is 6.92 Å². The molecule has 1 amide bonds. The summed E-state index contributed by atoms with van der Waals surface area (Å²) in [5.74, 6) is 0.0137. The van der Waals surface area contributed by atoms with Gasteiger partial charge in [-0.3, -0.25) is 4.79 Å². The molecule has 2 N–H and O–H groups in total. The van der Waals surface area contributed by atoms with Crippen LogP contribution >= 0.6 is 11.6 Å². The van der Waals surface area contributed by atoms with Crippen molar-refractivity contribution in [2.75, 3.05) is 25.6 Å². The molecule has 2 rings (SSSR count). The first-order valence-corrected chi connectivity index (χ1v) is 10.8. The van der Waals surface area contributed by atoms with Crippen LogP contribution in [0.5, 0.6) is 11.5 Å². The fourth-order valence-electron chi connectivity index (χ4n) is 2.38. The number of ether oxygens (including phenoxy) is 2. The predicted octanol–water partition coefficient (Wildman–Crippen LogP) is 4.23. The summed E-state index contributed by atoms with van der Waals surface area (Å²) in [6.45, 7) is 0.647. The third-order valence-electron chi connectivity index (χ3n) is 3.83. The van der Waals surface area contributed by atoms with Crippen molar-refractivity contribution >= 4 is 33.2 Å². The van der Waals surface area contributed by atoms with Crippen molar-refractivity contribution in [3.63, 3.8) is 0 Å². The van der Waals surface area contributed by atoms with Crippen molar-refractivity contribution in [1.82, 2.24) is 4.72 Å². The van der Waals surface area contributed by atoms with Gasteiger partial charge in [0.05, 0.1) is 23.6 Å². The Bertz CT molecular complexity index is 1030. The van der Waals surface area contributed by atoms with Gasteiger partial charge in [-0.2, -0.15) is 13.2 Å². The van der Waals surface area contributed by atoms with Crippen molar-refractivity contribution in [1.29, 1.82) is 0 Å². The van der Waals surface area contributed by atoms with Gasteiger partial charge in [0.25, 0.3) is 5.91 Å². The van der Waals surface area contributed by atoms with Crippen LogP contribution in [0.15, 0.2) is 41.3 Å². The second kappa shape index (κ2) is 10.2. The largest absolute Gasteiger partial charge is 0.493 e. The summed E-state index contributed by atoms with van der Waals surface area (Å²) < 4.78 is 72.7. The molecule has 0 aliphatic rings. The first-order valence-electron chi connectivity index (χ1n) is 8.95. The maximum atomic E-state index is 12.5. The number of halogens is 4. The molecule has 0 unspecified atom stereocenters. The summed E-state index contributed by atoms with van der Waals surface area (Å²) in [4.78, 5) is 12.2. The standard InChI is InChI=1S/C19H20ClF3N2O5S/c1-3-8-30-17-15(20)9-12(10-16(17)29-2)18(26)25-13-4-6-14(7-5-13)31(27,28)24-11-19(21,22)23/h4-7,9-10,24H,3,8,11H2,1-2H3,(H,25,26). The molecule has 0 heterocycles. The number of hydrogen-bond acceptors (Lipinski definition) is 5. The van der Waals surface area contributed by atoms with E-state index in [2.05, 4.69) is 5.32 Å². The number of nitrogens with one attached hydrogen (secondary N) is 2. The summed E-state index contributed by atoms with van der Waals surface area (Å²) in [7, 11) is -2.95. The van der Waals surface area contributed by atoms with Crippen LogP contribution in [0.2, 0.25) is 5.02 Å². The smallest absolute Gasteiger partial charge is 0.402 e. The number of alkyl halides is 3. The molecule has 31 heavy (non-hydrogen) atoms. The highest BCUT2D eigenvalue weighted by Gasteiger charge is 2.30.